The van der Waals surface area contributed by atoms with Crippen LogP contribution >= 0.6 is 0 Å². The van der Waals surface area contributed by atoms with E-state index in [1.165, 1.54) is 6.08 Å². The maximum Gasteiger partial charge on any atom is 0.317 e. The molecule has 0 aliphatic heterocycles. The number of hydrogen-bond acceptors (Lipinski definition) is 2. The van der Waals surface area contributed by atoms with Crippen molar-refractivity contribution in [3.63, 3.8) is 0 Å². The molecule has 0 saturated carbocycles. The van der Waals surface area contributed by atoms with Crippen molar-refractivity contribution in [3.8, 4) is 0 Å². The van der Waals surface area contributed by atoms with Crippen LogP contribution in [-0.2, 0) is 14.7 Å². The van der Waals surface area contributed by atoms with Gasteiger partial charge in [0.05, 0.1) is 5.41 Å². The Morgan fingerprint density at radius 1 is 1.40 bits per heavy atom. The summed E-state index contributed by atoms with van der Waals surface area (Å²) in [5.41, 5.74) is 0. The predicted molar refractivity (Wildman–Crippen MR) is 38.3 cm³/mol. The Morgan fingerprint density at radius 2 is 2.00 bits per heavy atom. The van der Waals surface area contributed by atoms with Crippen molar-refractivity contribution in [2.45, 2.75) is 26.2 Å². The molecule has 4 heteroatoms. The van der Waals surface area contributed by atoms with Gasteiger partial charge in [0, 0.05) is 0 Å². The molecule has 0 rings (SSSR count). The second-order valence-corrected chi connectivity index (χ2v) is 3.26. The van der Waals surface area contributed by atoms with Gasteiger partial charge in [-0.25, -0.2) is 0 Å². The topological polar surface area (TPSA) is 54.0 Å². The van der Waals surface area contributed by atoms with Crippen LogP contribution in [0, 0.1) is 0 Å². The lowest BCUT2D eigenvalue weighted by Crippen LogP contribution is -1.86. The second kappa shape index (κ2) is 4.46. The Bertz CT molecular complexity index is 191. The van der Waals surface area contributed by atoms with Crippen LogP contribution in [0.4, 0.5) is 0 Å². The average Bonchev–Trinajstić information content (AvgIpc) is 1.78. The molecule has 0 aliphatic carbocycles. The minimum absolute atomic E-state index is 0.665. The van der Waals surface area contributed by atoms with Crippen molar-refractivity contribution in [2.75, 3.05) is 0 Å². The number of hydrogen-bond donors (Lipinski definition) is 0. The molecule has 0 saturated heterocycles. The van der Waals surface area contributed by atoms with E-state index in [0.29, 0.717) is 11.8 Å². The summed E-state index contributed by atoms with van der Waals surface area (Å²) in [6, 6.07) is 0. The van der Waals surface area contributed by atoms with Gasteiger partial charge in [0.2, 0.25) is 0 Å². The first-order valence-electron chi connectivity index (χ1n) is 3.18. The third-order valence-corrected chi connectivity index (χ3v) is 1.51. The molecule has 59 valence electrons. The number of unbranched alkanes of at least 4 members (excludes halogenated alkanes) is 2. The van der Waals surface area contributed by atoms with Gasteiger partial charge in [-0.3, -0.25) is 0 Å². The molecule has 1 radical (unpaired) electrons. The van der Waals surface area contributed by atoms with Crippen LogP contribution in [0.15, 0.2) is 11.5 Å². The summed E-state index contributed by atoms with van der Waals surface area (Å²) < 4.78 is 29.9. The predicted octanol–water partition coefficient (Wildman–Crippen LogP) is 1.45. The van der Waals surface area contributed by atoms with Gasteiger partial charge in [-0.05, 0) is 6.42 Å². The number of rotatable bonds is 4. The highest BCUT2D eigenvalue weighted by Crippen LogP contribution is 1.96. The third kappa shape index (κ3) is 7.65. The molecule has 0 bridgehead atoms. The number of allylic oxidation sites excluding steroid dienone is 1. The summed E-state index contributed by atoms with van der Waals surface area (Å²) in [6.07, 6.45) is 3.99. The first kappa shape index (κ1) is 9.65. The van der Waals surface area contributed by atoms with Crippen molar-refractivity contribution in [1.82, 2.24) is 0 Å². The monoisotopic (exact) mass is 163 g/mol. The van der Waals surface area contributed by atoms with Crippen LogP contribution in [0.1, 0.15) is 26.2 Å². The maximum atomic E-state index is 9.95. The molecule has 0 amide bonds. The van der Waals surface area contributed by atoms with E-state index in [9.17, 15) is 13.0 Å². The van der Waals surface area contributed by atoms with E-state index in [-0.39, 0.29) is 0 Å². The normalized spacial score (nSPS) is 12.6. The van der Waals surface area contributed by atoms with Crippen molar-refractivity contribution in [3.05, 3.63) is 11.5 Å². The molecule has 0 fully saturated rings. The van der Waals surface area contributed by atoms with Crippen LogP contribution < -0.4 is 0 Å². The zero-order valence-corrected chi connectivity index (χ0v) is 6.73. The van der Waals surface area contributed by atoms with Crippen LogP contribution in [0.5, 0.6) is 0 Å². The molecule has 0 atom stereocenters. The molecule has 0 aromatic carbocycles. The van der Waals surface area contributed by atoms with Crippen molar-refractivity contribution in [1.29, 1.82) is 0 Å². The molecular formula is C6H11O3S. The van der Waals surface area contributed by atoms with Crippen LogP contribution in [0.25, 0.3) is 0 Å². The van der Waals surface area contributed by atoms with Gasteiger partial charge in [-0.2, -0.15) is 8.42 Å². The zero-order valence-electron chi connectivity index (χ0n) is 5.91. The Labute approximate surface area is 61.5 Å². The Balaban J connectivity index is 3.58. The second-order valence-electron chi connectivity index (χ2n) is 2.01. The van der Waals surface area contributed by atoms with Gasteiger partial charge in [0.1, 0.15) is 0 Å². The molecule has 0 heterocycles. The SMILES string of the molecule is CCCCC=CS([O])(=O)=O. The highest BCUT2D eigenvalue weighted by molar-refractivity contribution is 7.88. The summed E-state index contributed by atoms with van der Waals surface area (Å²) in [6.45, 7) is 2.00. The summed E-state index contributed by atoms with van der Waals surface area (Å²) in [5.74, 6) is 0. The van der Waals surface area contributed by atoms with Gasteiger partial charge < -0.3 is 0 Å². The molecular weight excluding hydrogens is 152 g/mol. The summed E-state index contributed by atoms with van der Waals surface area (Å²) in [5, 5.41) is 0.711. The van der Waals surface area contributed by atoms with E-state index < -0.39 is 10.1 Å². The fraction of sp³-hybridized carbons (Fsp3) is 0.667. The minimum Gasteiger partial charge on any atom is -0.192 e. The van der Waals surface area contributed by atoms with E-state index in [0.717, 1.165) is 12.8 Å². The Morgan fingerprint density at radius 3 is 2.40 bits per heavy atom. The first-order valence-corrected chi connectivity index (χ1v) is 4.66. The van der Waals surface area contributed by atoms with Gasteiger partial charge in [0.15, 0.2) is 0 Å². The molecule has 0 aromatic heterocycles. The van der Waals surface area contributed by atoms with Gasteiger partial charge >= 0.3 is 10.1 Å². The van der Waals surface area contributed by atoms with Crippen LogP contribution in [-0.4, -0.2) is 8.42 Å². The standard InChI is InChI=1S/C6H11O3S/c1-2-3-4-5-6-10(7,8)9/h5-6H,2-4H2,1H3. The van der Waals surface area contributed by atoms with Gasteiger partial charge in [-0.15, -0.1) is 0 Å². The van der Waals surface area contributed by atoms with E-state index in [4.69, 9.17) is 0 Å². The lowest BCUT2D eigenvalue weighted by molar-refractivity contribution is 0.424. The lowest BCUT2D eigenvalue weighted by atomic mass is 10.2. The molecule has 0 spiro atoms. The molecule has 0 aromatic rings. The first-order chi connectivity index (χ1) is 4.56. The van der Waals surface area contributed by atoms with Crippen molar-refractivity contribution >= 4 is 10.1 Å². The summed E-state index contributed by atoms with van der Waals surface area (Å²) >= 11 is 0. The molecule has 10 heavy (non-hydrogen) atoms. The van der Waals surface area contributed by atoms with Crippen molar-refractivity contribution in [2.24, 2.45) is 0 Å². The molecule has 0 unspecified atom stereocenters. The lowest BCUT2D eigenvalue weighted by Gasteiger charge is -1.85. The molecule has 0 aliphatic rings. The van der Waals surface area contributed by atoms with Crippen LogP contribution in [0.2, 0.25) is 0 Å². The summed E-state index contributed by atoms with van der Waals surface area (Å²) in [4.78, 5) is 0. The average molecular weight is 163 g/mol. The van der Waals surface area contributed by atoms with E-state index >= 15 is 0 Å². The highest BCUT2D eigenvalue weighted by Gasteiger charge is 1.95. The molecule has 3 nitrogen and oxygen atoms in total. The Hall–Kier alpha value is -0.350. The highest BCUT2D eigenvalue weighted by atomic mass is 32.2. The van der Waals surface area contributed by atoms with Gasteiger partial charge in [0.25, 0.3) is 0 Å². The quantitative estimate of drug-likeness (QED) is 0.589. The third-order valence-electron chi connectivity index (χ3n) is 0.987. The smallest absolute Gasteiger partial charge is 0.192 e. The largest absolute Gasteiger partial charge is 0.317 e. The Kier molecular flexibility index (Phi) is 4.31. The van der Waals surface area contributed by atoms with Gasteiger partial charge in [-0.1, -0.05) is 30.4 Å². The fourth-order valence-corrected chi connectivity index (χ4v) is 0.880. The van der Waals surface area contributed by atoms with E-state index in [2.05, 4.69) is 0 Å². The van der Waals surface area contributed by atoms with Crippen molar-refractivity contribution < 1.29 is 13.0 Å². The minimum atomic E-state index is -4.14. The summed E-state index contributed by atoms with van der Waals surface area (Å²) in [7, 11) is -4.14. The van der Waals surface area contributed by atoms with Crippen LogP contribution in [0.3, 0.4) is 0 Å². The van der Waals surface area contributed by atoms with E-state index in [1.807, 2.05) is 6.92 Å². The zero-order chi connectivity index (χ0) is 8.04. The van der Waals surface area contributed by atoms with E-state index in [1.54, 1.807) is 0 Å². The molecule has 0 N–H and O–H groups in total. The maximum absolute atomic E-state index is 9.95. The fourth-order valence-electron chi connectivity index (χ4n) is 0.508.